The van der Waals surface area contributed by atoms with E-state index in [-0.39, 0.29) is 11.6 Å². The van der Waals surface area contributed by atoms with E-state index in [1.807, 2.05) is 61.5 Å². The highest BCUT2D eigenvalue weighted by molar-refractivity contribution is 7.10. The highest BCUT2D eigenvalue weighted by Gasteiger charge is 2.15. The fraction of sp³-hybridized carbons (Fsp3) is 0.130. The number of aromatic nitrogens is 2. The van der Waals surface area contributed by atoms with Crippen LogP contribution >= 0.6 is 11.3 Å². The van der Waals surface area contributed by atoms with Crippen LogP contribution < -0.4 is 4.80 Å². The van der Waals surface area contributed by atoms with Crippen LogP contribution in [0.4, 0.5) is 0 Å². The maximum absolute atomic E-state index is 12.2. The minimum atomic E-state index is -0.469. The van der Waals surface area contributed by atoms with E-state index in [1.165, 1.54) is 0 Å². The number of rotatable bonds is 5. The molecule has 0 saturated carbocycles. The number of ether oxygens (including phenoxy) is 1. The molecule has 0 N–H and O–H groups in total. The molecule has 0 saturated heterocycles. The molecule has 4 aromatic rings. The molecule has 0 spiro atoms. The van der Waals surface area contributed by atoms with E-state index in [9.17, 15) is 4.79 Å². The predicted molar refractivity (Wildman–Crippen MR) is 119 cm³/mol. The molecule has 0 amide bonds. The molecule has 0 radical (unpaired) electrons. The minimum Gasteiger partial charge on any atom is -0.461 e. The predicted octanol–water partition coefficient (Wildman–Crippen LogP) is 4.59. The van der Waals surface area contributed by atoms with E-state index in [2.05, 4.69) is 33.5 Å². The van der Waals surface area contributed by atoms with E-state index in [4.69, 9.17) is 4.74 Å². The van der Waals surface area contributed by atoms with Crippen LogP contribution in [0.1, 0.15) is 29.2 Å². The van der Waals surface area contributed by atoms with Gasteiger partial charge in [-0.05, 0) is 36.8 Å². The lowest BCUT2D eigenvalue weighted by Gasteiger charge is -2.04. The summed E-state index contributed by atoms with van der Waals surface area (Å²) in [5, 5.41) is 15.8. The van der Waals surface area contributed by atoms with E-state index in [1.54, 1.807) is 11.6 Å². The first kappa shape index (κ1) is 19.7. The van der Waals surface area contributed by atoms with Crippen LogP contribution in [0.25, 0.3) is 16.5 Å². The molecule has 0 bridgehead atoms. The fourth-order valence-electron chi connectivity index (χ4n) is 3.07. The maximum Gasteiger partial charge on any atom is 0.369 e. The Kier molecular flexibility index (Phi) is 5.81. The van der Waals surface area contributed by atoms with Gasteiger partial charge in [-0.15, -0.1) is 10.2 Å². The molecule has 1 aromatic heterocycles. The second kappa shape index (κ2) is 8.84. The third-order valence-corrected chi connectivity index (χ3v) is 5.35. The van der Waals surface area contributed by atoms with Crippen LogP contribution in [-0.2, 0) is 4.74 Å². The molecular weight excluding hydrogens is 396 g/mol. The number of nitrogens with zero attached hydrogens (tertiary/aromatic N) is 4. The number of esters is 1. The minimum absolute atomic E-state index is 0.234. The highest BCUT2D eigenvalue weighted by Crippen LogP contribution is 2.19. The molecule has 0 aliphatic rings. The number of hydrogen-bond acceptors (Lipinski definition) is 6. The van der Waals surface area contributed by atoms with Crippen LogP contribution in [0.2, 0.25) is 0 Å². The van der Waals surface area contributed by atoms with Crippen LogP contribution in [0, 0.1) is 0 Å². The number of benzene rings is 3. The number of para-hydroxylation sites is 1. The van der Waals surface area contributed by atoms with Gasteiger partial charge in [0.05, 0.1) is 18.0 Å². The molecule has 0 fully saturated rings. The fourth-order valence-corrected chi connectivity index (χ4v) is 3.82. The zero-order valence-electron chi connectivity index (χ0n) is 16.6. The number of carbonyl (C=O) groups is 1. The Hall–Kier alpha value is -3.58. The molecule has 6 nitrogen and oxygen atoms in total. The van der Waals surface area contributed by atoms with Crippen LogP contribution in [0.5, 0.6) is 0 Å². The molecule has 7 heteroatoms. The molecule has 4 rings (SSSR count). The molecular formula is C23H20N4O2S. The van der Waals surface area contributed by atoms with Gasteiger partial charge >= 0.3 is 5.97 Å². The zero-order valence-corrected chi connectivity index (χ0v) is 17.5. The van der Waals surface area contributed by atoms with Gasteiger partial charge in [0.25, 0.3) is 0 Å². The van der Waals surface area contributed by atoms with Crippen LogP contribution in [-0.4, -0.2) is 28.1 Å². The smallest absolute Gasteiger partial charge is 0.369 e. The Bertz CT molecular complexity index is 1280. The second-order valence-electron chi connectivity index (χ2n) is 6.47. The van der Waals surface area contributed by atoms with Crippen molar-refractivity contribution in [3.63, 3.8) is 0 Å². The first-order chi connectivity index (χ1) is 14.7. The number of fused-ring (bicyclic) bond motifs is 1. The Morgan fingerprint density at radius 3 is 2.57 bits per heavy atom. The number of hydrogen-bond donors (Lipinski definition) is 0. The summed E-state index contributed by atoms with van der Waals surface area (Å²) in [5.74, 6) is -0.469. The average Bonchev–Trinajstić information content (AvgIpc) is 3.22. The molecule has 0 aliphatic carbocycles. The molecule has 3 aromatic carbocycles. The van der Waals surface area contributed by atoms with Gasteiger partial charge in [0.2, 0.25) is 9.81 Å². The standard InChI is InChI=1S/C23H20N4O2S/c1-3-29-22(28)21-26-27(18-12-5-4-6-13-18)23(30-21)25-24-16(2)19-15-9-11-17-10-7-8-14-20(17)19/h4-15H,3H2,1-2H3/b24-16+,25-23+. The van der Waals surface area contributed by atoms with Gasteiger partial charge in [0, 0.05) is 5.56 Å². The van der Waals surface area contributed by atoms with E-state index in [0.717, 1.165) is 39.1 Å². The van der Waals surface area contributed by atoms with Crippen molar-refractivity contribution < 1.29 is 9.53 Å². The van der Waals surface area contributed by atoms with Crippen molar-refractivity contribution in [1.82, 2.24) is 9.78 Å². The van der Waals surface area contributed by atoms with Crippen molar-refractivity contribution in [2.75, 3.05) is 6.61 Å². The summed E-state index contributed by atoms with van der Waals surface area (Å²) in [6, 6.07) is 23.8. The summed E-state index contributed by atoms with van der Waals surface area (Å²) in [6.45, 7) is 3.97. The Morgan fingerprint density at radius 2 is 1.77 bits per heavy atom. The summed E-state index contributed by atoms with van der Waals surface area (Å²) in [5.41, 5.74) is 2.58. The zero-order chi connectivity index (χ0) is 20.9. The Balaban J connectivity index is 1.81. The van der Waals surface area contributed by atoms with Crippen molar-refractivity contribution in [1.29, 1.82) is 0 Å². The monoisotopic (exact) mass is 416 g/mol. The SMILES string of the molecule is CCOC(=O)c1nn(-c2ccccc2)/c(=N\N=C(/C)c2cccc3ccccc23)s1. The summed E-state index contributed by atoms with van der Waals surface area (Å²) < 4.78 is 6.70. The van der Waals surface area contributed by atoms with Crippen LogP contribution in [0.3, 0.4) is 0 Å². The van der Waals surface area contributed by atoms with E-state index < -0.39 is 5.97 Å². The lowest BCUT2D eigenvalue weighted by atomic mass is 10.0. The van der Waals surface area contributed by atoms with Crippen molar-refractivity contribution >= 4 is 33.8 Å². The highest BCUT2D eigenvalue weighted by atomic mass is 32.1. The molecule has 150 valence electrons. The van der Waals surface area contributed by atoms with Gasteiger partial charge < -0.3 is 4.74 Å². The molecule has 1 heterocycles. The summed E-state index contributed by atoms with van der Waals surface area (Å²) in [7, 11) is 0. The molecule has 30 heavy (non-hydrogen) atoms. The summed E-state index contributed by atoms with van der Waals surface area (Å²) in [6.07, 6.45) is 0. The first-order valence-electron chi connectivity index (χ1n) is 9.56. The van der Waals surface area contributed by atoms with E-state index >= 15 is 0 Å². The van der Waals surface area contributed by atoms with Crippen molar-refractivity contribution in [2.24, 2.45) is 10.2 Å². The lowest BCUT2D eigenvalue weighted by molar-refractivity contribution is 0.0524. The molecule has 0 atom stereocenters. The van der Waals surface area contributed by atoms with Crippen molar-refractivity contribution in [3.05, 3.63) is 88.2 Å². The van der Waals surface area contributed by atoms with Gasteiger partial charge in [0.1, 0.15) is 0 Å². The normalized spacial score (nSPS) is 12.3. The molecule has 0 aliphatic heterocycles. The molecule has 0 unspecified atom stereocenters. The quantitative estimate of drug-likeness (QED) is 0.271. The summed E-state index contributed by atoms with van der Waals surface area (Å²) >= 11 is 1.15. The van der Waals surface area contributed by atoms with Gasteiger partial charge in [-0.25, -0.2) is 9.48 Å². The first-order valence-corrected chi connectivity index (χ1v) is 10.4. The summed E-state index contributed by atoms with van der Waals surface area (Å²) in [4.78, 5) is 12.7. The van der Waals surface area contributed by atoms with Crippen molar-refractivity contribution in [3.8, 4) is 5.69 Å². The third kappa shape index (κ3) is 4.06. The van der Waals surface area contributed by atoms with Gasteiger partial charge in [-0.1, -0.05) is 72.0 Å². The lowest BCUT2D eigenvalue weighted by Crippen LogP contribution is -2.14. The number of carbonyl (C=O) groups excluding carboxylic acids is 1. The van der Waals surface area contributed by atoms with Gasteiger partial charge in [0.15, 0.2) is 0 Å². The van der Waals surface area contributed by atoms with E-state index in [0.29, 0.717) is 4.80 Å². The topological polar surface area (TPSA) is 68.8 Å². The Morgan fingerprint density at radius 1 is 1.03 bits per heavy atom. The second-order valence-corrected chi connectivity index (χ2v) is 7.43. The third-order valence-electron chi connectivity index (χ3n) is 4.48. The average molecular weight is 417 g/mol. The van der Waals surface area contributed by atoms with Gasteiger partial charge in [-0.2, -0.15) is 5.10 Å². The Labute approximate surface area is 177 Å². The van der Waals surface area contributed by atoms with Crippen molar-refractivity contribution in [2.45, 2.75) is 13.8 Å². The maximum atomic E-state index is 12.2. The van der Waals surface area contributed by atoms with Gasteiger partial charge in [-0.3, -0.25) is 0 Å². The largest absolute Gasteiger partial charge is 0.461 e. The van der Waals surface area contributed by atoms with Crippen LogP contribution in [0.15, 0.2) is 83.0 Å².